The second-order valence-electron chi connectivity index (χ2n) is 4.90. The molecule has 1 N–H and O–H groups in total. The van der Waals surface area contributed by atoms with Gasteiger partial charge in [-0.3, -0.25) is 9.79 Å². The SMILES string of the molecule is CC=NC(CC)C(=O)N1CC(OC)(OCC)CC1C(=O)O. The van der Waals surface area contributed by atoms with Crippen LogP contribution in [0.4, 0.5) is 0 Å². The number of ether oxygens (including phenoxy) is 2. The second-order valence-corrected chi connectivity index (χ2v) is 4.90. The molecule has 0 aromatic rings. The number of hydrogen-bond acceptors (Lipinski definition) is 5. The van der Waals surface area contributed by atoms with Gasteiger partial charge in [-0.15, -0.1) is 0 Å². The number of rotatable bonds is 7. The Kier molecular flexibility index (Phi) is 6.29. The topological polar surface area (TPSA) is 88.4 Å². The lowest BCUT2D eigenvalue weighted by atomic mass is 10.1. The molecule has 7 heteroatoms. The fourth-order valence-electron chi connectivity index (χ4n) is 2.58. The molecule has 0 aromatic heterocycles. The number of nitrogens with zero attached hydrogens (tertiary/aromatic N) is 2. The molecule has 0 saturated carbocycles. The summed E-state index contributed by atoms with van der Waals surface area (Å²) in [5.74, 6) is -2.42. The zero-order chi connectivity index (χ0) is 16.0. The molecule has 0 aromatic carbocycles. The van der Waals surface area contributed by atoms with Gasteiger partial charge in [-0.25, -0.2) is 4.79 Å². The molecule has 120 valence electrons. The molecule has 3 unspecified atom stereocenters. The minimum Gasteiger partial charge on any atom is -0.480 e. The van der Waals surface area contributed by atoms with Crippen molar-refractivity contribution in [2.45, 2.75) is 51.5 Å². The first-order valence-electron chi connectivity index (χ1n) is 7.14. The Morgan fingerprint density at radius 3 is 2.62 bits per heavy atom. The average molecular weight is 300 g/mol. The van der Waals surface area contributed by atoms with E-state index in [1.807, 2.05) is 6.92 Å². The Labute approximate surface area is 124 Å². The van der Waals surface area contributed by atoms with Crippen molar-refractivity contribution in [3.8, 4) is 0 Å². The average Bonchev–Trinajstić information content (AvgIpc) is 2.85. The molecule has 1 fully saturated rings. The number of aliphatic carboxylic acids is 1. The lowest BCUT2D eigenvalue weighted by Crippen LogP contribution is -2.46. The number of methoxy groups -OCH3 is 1. The van der Waals surface area contributed by atoms with E-state index in [4.69, 9.17) is 9.47 Å². The van der Waals surface area contributed by atoms with Crippen molar-refractivity contribution in [1.82, 2.24) is 4.90 Å². The molecule has 1 heterocycles. The lowest BCUT2D eigenvalue weighted by molar-refractivity contribution is -0.210. The van der Waals surface area contributed by atoms with E-state index in [9.17, 15) is 14.7 Å². The van der Waals surface area contributed by atoms with Crippen LogP contribution in [0.3, 0.4) is 0 Å². The van der Waals surface area contributed by atoms with Crippen LogP contribution in [0.1, 0.15) is 33.6 Å². The van der Waals surface area contributed by atoms with Crippen molar-refractivity contribution < 1.29 is 24.2 Å². The van der Waals surface area contributed by atoms with Crippen LogP contribution in [-0.2, 0) is 19.1 Å². The maximum absolute atomic E-state index is 12.5. The van der Waals surface area contributed by atoms with E-state index >= 15 is 0 Å². The second kappa shape index (κ2) is 7.51. The summed E-state index contributed by atoms with van der Waals surface area (Å²) in [6.45, 7) is 5.86. The molecular weight excluding hydrogens is 276 g/mol. The summed E-state index contributed by atoms with van der Waals surface area (Å²) < 4.78 is 10.9. The van der Waals surface area contributed by atoms with Crippen molar-refractivity contribution in [2.24, 2.45) is 4.99 Å². The van der Waals surface area contributed by atoms with Crippen LogP contribution in [0.25, 0.3) is 0 Å². The van der Waals surface area contributed by atoms with Gasteiger partial charge in [-0.2, -0.15) is 0 Å². The number of likely N-dealkylation sites (tertiary alicyclic amines) is 1. The van der Waals surface area contributed by atoms with Crippen LogP contribution in [-0.4, -0.2) is 66.2 Å². The summed E-state index contributed by atoms with van der Waals surface area (Å²) in [4.78, 5) is 29.4. The molecule has 0 radical (unpaired) electrons. The molecule has 1 amide bonds. The Morgan fingerprint density at radius 1 is 1.52 bits per heavy atom. The van der Waals surface area contributed by atoms with Gasteiger partial charge in [0.25, 0.3) is 0 Å². The monoisotopic (exact) mass is 300 g/mol. The van der Waals surface area contributed by atoms with Gasteiger partial charge in [0.05, 0.1) is 6.54 Å². The van der Waals surface area contributed by atoms with Crippen molar-refractivity contribution in [3.63, 3.8) is 0 Å². The van der Waals surface area contributed by atoms with Crippen molar-refractivity contribution in [1.29, 1.82) is 0 Å². The summed E-state index contributed by atoms with van der Waals surface area (Å²) >= 11 is 0. The predicted molar refractivity (Wildman–Crippen MR) is 77.4 cm³/mol. The number of amides is 1. The molecule has 7 nitrogen and oxygen atoms in total. The van der Waals surface area contributed by atoms with E-state index in [0.29, 0.717) is 13.0 Å². The molecule has 1 saturated heterocycles. The minimum atomic E-state index is -1.06. The number of carbonyl (C=O) groups excluding carboxylic acids is 1. The Morgan fingerprint density at radius 2 is 2.19 bits per heavy atom. The number of carboxylic acids is 1. The molecule has 1 aliphatic heterocycles. The first-order chi connectivity index (χ1) is 9.94. The van der Waals surface area contributed by atoms with Gasteiger partial charge in [0.15, 0.2) is 5.79 Å². The van der Waals surface area contributed by atoms with Crippen LogP contribution in [0.2, 0.25) is 0 Å². The van der Waals surface area contributed by atoms with Crippen molar-refractivity contribution in [3.05, 3.63) is 0 Å². The van der Waals surface area contributed by atoms with Gasteiger partial charge >= 0.3 is 5.97 Å². The molecule has 3 atom stereocenters. The largest absolute Gasteiger partial charge is 0.480 e. The third-order valence-electron chi connectivity index (χ3n) is 3.64. The van der Waals surface area contributed by atoms with Gasteiger partial charge in [0, 0.05) is 20.1 Å². The summed E-state index contributed by atoms with van der Waals surface area (Å²) in [5, 5.41) is 9.37. The molecule has 21 heavy (non-hydrogen) atoms. The summed E-state index contributed by atoms with van der Waals surface area (Å²) in [5.41, 5.74) is 0. The van der Waals surface area contributed by atoms with E-state index in [1.54, 1.807) is 20.1 Å². The normalized spacial score (nSPS) is 27.2. The summed E-state index contributed by atoms with van der Waals surface area (Å²) in [6.07, 6.45) is 2.19. The first-order valence-corrected chi connectivity index (χ1v) is 7.14. The molecule has 1 aliphatic rings. The van der Waals surface area contributed by atoms with Gasteiger partial charge < -0.3 is 19.5 Å². The summed E-state index contributed by atoms with van der Waals surface area (Å²) in [6, 6.07) is -1.52. The molecule has 0 aliphatic carbocycles. The van der Waals surface area contributed by atoms with E-state index in [0.717, 1.165) is 0 Å². The Balaban J connectivity index is 3.02. The minimum absolute atomic E-state index is 0.100. The van der Waals surface area contributed by atoms with Gasteiger partial charge in [0.2, 0.25) is 5.91 Å². The van der Waals surface area contributed by atoms with Crippen LogP contribution in [0, 0.1) is 0 Å². The van der Waals surface area contributed by atoms with Crippen molar-refractivity contribution >= 4 is 18.1 Å². The fourth-order valence-corrected chi connectivity index (χ4v) is 2.58. The van der Waals surface area contributed by atoms with Crippen LogP contribution >= 0.6 is 0 Å². The quantitative estimate of drug-likeness (QED) is 0.558. The highest BCUT2D eigenvalue weighted by atomic mass is 16.7. The maximum Gasteiger partial charge on any atom is 0.326 e. The van der Waals surface area contributed by atoms with E-state index in [2.05, 4.69) is 4.99 Å². The third-order valence-corrected chi connectivity index (χ3v) is 3.64. The highest BCUT2D eigenvalue weighted by Crippen LogP contribution is 2.32. The molecule has 0 spiro atoms. The number of hydrogen-bond donors (Lipinski definition) is 1. The smallest absolute Gasteiger partial charge is 0.326 e. The predicted octanol–water partition coefficient (Wildman–Crippen LogP) is 0.920. The molecule has 0 bridgehead atoms. The van der Waals surface area contributed by atoms with Gasteiger partial charge in [-0.05, 0) is 26.5 Å². The molecule has 1 rings (SSSR count). The zero-order valence-corrected chi connectivity index (χ0v) is 13.0. The Bertz CT molecular complexity index is 412. The standard InChI is InChI=1S/C14H24N2O5/c1-5-10(15-6-2)12(17)16-9-14(20-4,21-7-3)8-11(16)13(18)19/h6,10-11H,5,7-9H2,1-4H3,(H,18,19). The molecular formula is C14H24N2O5. The highest BCUT2D eigenvalue weighted by Gasteiger charge is 2.51. The lowest BCUT2D eigenvalue weighted by Gasteiger charge is -2.28. The van der Waals surface area contributed by atoms with Crippen LogP contribution < -0.4 is 0 Å². The number of aliphatic imine (C=N–C) groups is 1. The summed E-state index contributed by atoms with van der Waals surface area (Å²) in [7, 11) is 1.46. The fraction of sp³-hybridized carbons (Fsp3) is 0.786. The van der Waals surface area contributed by atoms with E-state index in [1.165, 1.54) is 12.0 Å². The van der Waals surface area contributed by atoms with E-state index < -0.39 is 23.8 Å². The number of carboxylic acid groups (broad SMARTS) is 1. The maximum atomic E-state index is 12.5. The highest BCUT2D eigenvalue weighted by molar-refractivity contribution is 5.88. The third kappa shape index (κ3) is 3.79. The first kappa shape index (κ1) is 17.6. The van der Waals surface area contributed by atoms with Gasteiger partial charge in [-0.1, -0.05) is 6.92 Å². The van der Waals surface area contributed by atoms with Crippen molar-refractivity contribution in [2.75, 3.05) is 20.3 Å². The van der Waals surface area contributed by atoms with Crippen LogP contribution in [0.5, 0.6) is 0 Å². The Hall–Kier alpha value is -1.47. The van der Waals surface area contributed by atoms with Crippen LogP contribution in [0.15, 0.2) is 4.99 Å². The van der Waals surface area contributed by atoms with Gasteiger partial charge in [0.1, 0.15) is 12.1 Å². The zero-order valence-electron chi connectivity index (χ0n) is 13.0. The number of carbonyl (C=O) groups is 2. The van der Waals surface area contributed by atoms with E-state index in [-0.39, 0.29) is 18.9 Å².